The molecule has 0 radical (unpaired) electrons. The van der Waals surface area contributed by atoms with Crippen LogP contribution in [0.5, 0.6) is 5.75 Å². The van der Waals surface area contributed by atoms with Crippen LogP contribution < -0.4 is 16.2 Å². The molecular formula is C27H32FN5O2. The number of hydrogen-bond acceptors (Lipinski definition) is 6. The zero-order valence-corrected chi connectivity index (χ0v) is 20.4. The second-order valence-corrected chi connectivity index (χ2v) is 10.8. The number of phenolic OH excluding ortho intramolecular Hbond substituents is 1. The first-order chi connectivity index (χ1) is 16.6. The number of aromatic hydroxyl groups is 1. The van der Waals surface area contributed by atoms with Gasteiger partial charge in [0.15, 0.2) is 0 Å². The molecular weight excluding hydrogens is 445 g/mol. The number of aryl methyl sites for hydroxylation is 1. The van der Waals surface area contributed by atoms with Crippen molar-refractivity contribution in [1.82, 2.24) is 20.1 Å². The maximum absolute atomic E-state index is 15.0. The maximum Gasteiger partial charge on any atom is 0.250 e. The van der Waals surface area contributed by atoms with E-state index in [1.807, 2.05) is 0 Å². The largest absolute Gasteiger partial charge is 0.507 e. The standard InChI is InChI=1S/C27H32FN5O2/c1-26-8-4-9-27(2,32-26)15-17(14-26)16-29-23-6-5-21(30-31-23)25-20(28)11-19(12-22(25)34)18-7-10-33(3)24(35)13-18/h5-7,10-13,17,32,34H,4,8-9,14-16H2,1-3H3,(H,29,31). The van der Waals surface area contributed by atoms with Gasteiger partial charge in [-0.1, -0.05) is 0 Å². The fourth-order valence-electron chi connectivity index (χ4n) is 6.07. The summed E-state index contributed by atoms with van der Waals surface area (Å²) in [4.78, 5) is 11.9. The molecule has 2 unspecified atom stereocenters. The van der Waals surface area contributed by atoms with Crippen molar-refractivity contribution in [2.24, 2.45) is 13.0 Å². The summed E-state index contributed by atoms with van der Waals surface area (Å²) >= 11 is 0. The summed E-state index contributed by atoms with van der Waals surface area (Å²) in [6, 6.07) is 9.27. The molecule has 35 heavy (non-hydrogen) atoms. The van der Waals surface area contributed by atoms with Gasteiger partial charge in [-0.3, -0.25) is 4.79 Å². The summed E-state index contributed by atoms with van der Waals surface area (Å²) in [6.07, 6.45) is 7.56. The molecule has 3 aromatic rings. The molecule has 4 heterocycles. The molecule has 2 aromatic heterocycles. The lowest BCUT2D eigenvalue weighted by molar-refractivity contribution is 0.0589. The third-order valence-corrected chi connectivity index (χ3v) is 7.54. The Kier molecular flexibility index (Phi) is 5.87. The van der Waals surface area contributed by atoms with Crippen LogP contribution in [0.3, 0.4) is 0 Å². The summed E-state index contributed by atoms with van der Waals surface area (Å²) in [5.74, 6) is 0.290. The minimum Gasteiger partial charge on any atom is -0.507 e. The van der Waals surface area contributed by atoms with E-state index in [9.17, 15) is 9.90 Å². The normalized spacial score (nSPS) is 25.9. The number of hydrogen-bond donors (Lipinski definition) is 3. The van der Waals surface area contributed by atoms with Gasteiger partial charge < -0.3 is 20.3 Å². The van der Waals surface area contributed by atoms with Gasteiger partial charge in [0.1, 0.15) is 17.4 Å². The topological polar surface area (TPSA) is 92.1 Å². The van der Waals surface area contributed by atoms with Gasteiger partial charge in [-0.05, 0) is 93.3 Å². The Morgan fingerprint density at radius 3 is 2.49 bits per heavy atom. The molecule has 2 fully saturated rings. The van der Waals surface area contributed by atoms with Crippen molar-refractivity contribution in [3.8, 4) is 28.1 Å². The highest BCUT2D eigenvalue weighted by Crippen LogP contribution is 2.42. The third kappa shape index (κ3) is 4.80. The smallest absolute Gasteiger partial charge is 0.250 e. The summed E-state index contributed by atoms with van der Waals surface area (Å²) in [5, 5.41) is 26.2. The van der Waals surface area contributed by atoms with E-state index in [4.69, 9.17) is 0 Å². The van der Waals surface area contributed by atoms with E-state index in [0.29, 0.717) is 22.9 Å². The molecule has 2 saturated heterocycles. The molecule has 3 N–H and O–H groups in total. The molecule has 5 rings (SSSR count). The lowest BCUT2D eigenvalue weighted by Crippen LogP contribution is -2.63. The lowest BCUT2D eigenvalue weighted by Gasteiger charge is -2.53. The summed E-state index contributed by atoms with van der Waals surface area (Å²) in [5.41, 5.74) is 1.37. The van der Waals surface area contributed by atoms with Crippen LogP contribution in [0.1, 0.15) is 46.0 Å². The minimum absolute atomic E-state index is 0.0105. The van der Waals surface area contributed by atoms with E-state index < -0.39 is 5.82 Å². The highest BCUT2D eigenvalue weighted by molar-refractivity contribution is 5.74. The molecule has 7 nitrogen and oxygen atoms in total. The lowest BCUT2D eigenvalue weighted by atomic mass is 9.67. The Balaban J connectivity index is 1.30. The first-order valence-electron chi connectivity index (χ1n) is 12.2. The van der Waals surface area contributed by atoms with Gasteiger partial charge in [-0.2, -0.15) is 0 Å². The number of aromatic nitrogens is 3. The van der Waals surface area contributed by atoms with E-state index in [2.05, 4.69) is 34.7 Å². The Morgan fingerprint density at radius 1 is 1.11 bits per heavy atom. The first kappa shape index (κ1) is 23.5. The van der Waals surface area contributed by atoms with Gasteiger partial charge in [0, 0.05) is 36.9 Å². The molecule has 0 aliphatic carbocycles. The van der Waals surface area contributed by atoms with E-state index in [0.717, 1.165) is 19.4 Å². The van der Waals surface area contributed by atoms with Crippen molar-refractivity contribution in [2.75, 3.05) is 11.9 Å². The number of benzene rings is 1. The van der Waals surface area contributed by atoms with Gasteiger partial charge in [0.05, 0.1) is 11.3 Å². The third-order valence-electron chi connectivity index (χ3n) is 7.54. The van der Waals surface area contributed by atoms with E-state index in [1.54, 1.807) is 31.4 Å². The number of nitrogens with zero attached hydrogens (tertiary/aromatic N) is 3. The molecule has 2 atom stereocenters. The molecule has 0 saturated carbocycles. The van der Waals surface area contributed by atoms with Gasteiger partial charge in [-0.25, -0.2) is 4.39 Å². The van der Waals surface area contributed by atoms with Crippen molar-refractivity contribution in [3.05, 3.63) is 58.8 Å². The zero-order valence-electron chi connectivity index (χ0n) is 20.4. The summed E-state index contributed by atoms with van der Waals surface area (Å²) in [6.45, 7) is 5.47. The maximum atomic E-state index is 15.0. The number of anilines is 1. The Labute approximate surface area is 204 Å². The van der Waals surface area contributed by atoms with E-state index in [-0.39, 0.29) is 33.6 Å². The molecule has 0 amide bonds. The van der Waals surface area contributed by atoms with Crippen LogP contribution in [0.25, 0.3) is 22.4 Å². The molecule has 0 spiro atoms. The Hall–Kier alpha value is -3.26. The monoisotopic (exact) mass is 477 g/mol. The summed E-state index contributed by atoms with van der Waals surface area (Å²) in [7, 11) is 1.64. The average molecular weight is 478 g/mol. The molecule has 184 valence electrons. The fraction of sp³-hybridized carbons (Fsp3) is 0.444. The van der Waals surface area contributed by atoms with Crippen molar-refractivity contribution >= 4 is 5.82 Å². The van der Waals surface area contributed by atoms with E-state index >= 15 is 4.39 Å². The van der Waals surface area contributed by atoms with Gasteiger partial charge in [-0.15, -0.1) is 10.2 Å². The Bertz CT molecular complexity index is 1270. The number of nitrogens with one attached hydrogen (secondary N) is 2. The molecule has 2 aliphatic rings. The van der Waals surface area contributed by atoms with Crippen LogP contribution in [0.2, 0.25) is 0 Å². The minimum atomic E-state index is -0.626. The number of fused-ring (bicyclic) bond motifs is 2. The SMILES string of the molecule is Cn1ccc(-c2cc(O)c(-c3ccc(NCC4CC5(C)CCCC(C)(C4)N5)nn3)c(F)c2)cc1=O. The van der Waals surface area contributed by atoms with Crippen LogP contribution in [0.4, 0.5) is 10.2 Å². The highest BCUT2D eigenvalue weighted by Gasteiger charge is 2.45. The number of piperidine rings is 2. The van der Waals surface area contributed by atoms with Crippen LogP contribution in [0.15, 0.2) is 47.4 Å². The van der Waals surface area contributed by atoms with Crippen molar-refractivity contribution < 1.29 is 9.50 Å². The van der Waals surface area contributed by atoms with Crippen molar-refractivity contribution in [3.63, 3.8) is 0 Å². The highest BCUT2D eigenvalue weighted by atomic mass is 19.1. The second-order valence-electron chi connectivity index (χ2n) is 10.8. The van der Waals surface area contributed by atoms with Gasteiger partial charge in [0.2, 0.25) is 0 Å². The first-order valence-corrected chi connectivity index (χ1v) is 12.2. The predicted octanol–water partition coefficient (Wildman–Crippen LogP) is 4.47. The molecule has 2 bridgehead atoms. The zero-order chi connectivity index (χ0) is 24.8. The number of rotatable bonds is 5. The fourth-order valence-corrected chi connectivity index (χ4v) is 6.07. The number of halogens is 1. The quantitative estimate of drug-likeness (QED) is 0.502. The second kappa shape index (κ2) is 8.75. The van der Waals surface area contributed by atoms with Gasteiger partial charge in [0.25, 0.3) is 5.56 Å². The van der Waals surface area contributed by atoms with Gasteiger partial charge >= 0.3 is 0 Å². The number of pyridine rings is 1. The van der Waals surface area contributed by atoms with E-state index in [1.165, 1.54) is 42.0 Å². The van der Waals surface area contributed by atoms with Crippen LogP contribution in [-0.4, -0.2) is 37.5 Å². The van der Waals surface area contributed by atoms with Crippen LogP contribution >= 0.6 is 0 Å². The predicted molar refractivity (Wildman–Crippen MR) is 135 cm³/mol. The van der Waals surface area contributed by atoms with Crippen molar-refractivity contribution in [2.45, 2.75) is 57.0 Å². The molecule has 1 aromatic carbocycles. The number of phenols is 1. The molecule has 8 heteroatoms. The Morgan fingerprint density at radius 2 is 1.86 bits per heavy atom. The summed E-state index contributed by atoms with van der Waals surface area (Å²) < 4.78 is 16.4. The van der Waals surface area contributed by atoms with Crippen LogP contribution in [-0.2, 0) is 7.05 Å². The van der Waals surface area contributed by atoms with Crippen LogP contribution in [0, 0.1) is 11.7 Å². The molecule has 2 aliphatic heterocycles. The van der Waals surface area contributed by atoms with Crippen molar-refractivity contribution in [1.29, 1.82) is 0 Å². The average Bonchev–Trinajstić information content (AvgIpc) is 2.78.